The Morgan fingerprint density at radius 3 is 2.67 bits per heavy atom. The summed E-state index contributed by atoms with van der Waals surface area (Å²) >= 11 is 0. The summed E-state index contributed by atoms with van der Waals surface area (Å²) in [6.07, 6.45) is 1.61. The lowest BCUT2D eigenvalue weighted by Gasteiger charge is -2.16. The standard InChI is InChI=1S/C14H17NO5S/c1-9(2)8-11(14(16)17)15-21(18,19)12-5-3-4-10-6-7-20-13(10)12/h3-7,9,11,15H,8H2,1-2H3,(H,16,17)/t11-/m0/s1. The quantitative estimate of drug-likeness (QED) is 0.852. The van der Waals surface area contributed by atoms with Crippen LogP contribution in [-0.2, 0) is 14.8 Å². The van der Waals surface area contributed by atoms with Crippen molar-refractivity contribution >= 4 is 27.0 Å². The van der Waals surface area contributed by atoms with Crippen LogP contribution in [0.1, 0.15) is 20.3 Å². The number of carboxylic acid groups (broad SMARTS) is 1. The predicted octanol–water partition coefficient (Wildman–Crippen LogP) is 2.21. The molecule has 0 aliphatic heterocycles. The number of rotatable bonds is 6. The van der Waals surface area contributed by atoms with Crippen LogP contribution in [-0.4, -0.2) is 25.5 Å². The second-order valence-electron chi connectivity index (χ2n) is 5.24. The molecule has 2 N–H and O–H groups in total. The van der Waals surface area contributed by atoms with E-state index in [4.69, 9.17) is 9.52 Å². The first-order chi connectivity index (χ1) is 9.81. The minimum absolute atomic E-state index is 0.0493. The molecule has 0 saturated heterocycles. The third kappa shape index (κ3) is 3.43. The Hall–Kier alpha value is -1.86. The highest BCUT2D eigenvalue weighted by molar-refractivity contribution is 7.89. The van der Waals surface area contributed by atoms with E-state index in [2.05, 4.69) is 4.72 Å². The van der Waals surface area contributed by atoms with E-state index in [1.807, 2.05) is 13.8 Å². The molecular formula is C14H17NO5S. The van der Waals surface area contributed by atoms with Crippen molar-refractivity contribution < 1.29 is 22.7 Å². The molecule has 2 aromatic rings. The van der Waals surface area contributed by atoms with Crippen molar-refractivity contribution in [3.8, 4) is 0 Å². The zero-order chi connectivity index (χ0) is 15.6. The number of hydrogen-bond donors (Lipinski definition) is 2. The minimum Gasteiger partial charge on any atom is -0.480 e. The molecule has 0 spiro atoms. The molecule has 0 amide bonds. The molecule has 0 aliphatic rings. The molecule has 0 saturated carbocycles. The molecule has 0 fully saturated rings. The van der Waals surface area contributed by atoms with Gasteiger partial charge in [0.1, 0.15) is 10.9 Å². The highest BCUT2D eigenvalue weighted by Gasteiger charge is 2.28. The summed E-state index contributed by atoms with van der Waals surface area (Å²) in [5, 5.41) is 9.80. The van der Waals surface area contributed by atoms with Gasteiger partial charge in [-0.1, -0.05) is 26.0 Å². The number of carbonyl (C=O) groups is 1. The van der Waals surface area contributed by atoms with Crippen LogP contribution in [0.3, 0.4) is 0 Å². The fourth-order valence-electron chi connectivity index (χ4n) is 2.10. The van der Waals surface area contributed by atoms with E-state index in [9.17, 15) is 13.2 Å². The fourth-order valence-corrected chi connectivity index (χ4v) is 3.46. The van der Waals surface area contributed by atoms with Crippen molar-refractivity contribution in [3.63, 3.8) is 0 Å². The Balaban J connectivity index is 2.37. The Kier molecular flexibility index (Phi) is 4.34. The van der Waals surface area contributed by atoms with Crippen molar-refractivity contribution in [1.29, 1.82) is 0 Å². The maximum Gasteiger partial charge on any atom is 0.321 e. The highest BCUT2D eigenvalue weighted by atomic mass is 32.2. The molecule has 1 atom stereocenters. The molecule has 21 heavy (non-hydrogen) atoms. The second kappa shape index (κ2) is 5.87. The van der Waals surface area contributed by atoms with E-state index < -0.39 is 22.0 Å². The number of nitrogens with one attached hydrogen (secondary N) is 1. The van der Waals surface area contributed by atoms with Gasteiger partial charge in [-0.25, -0.2) is 8.42 Å². The predicted molar refractivity (Wildman–Crippen MR) is 77.4 cm³/mol. The molecule has 0 unspecified atom stereocenters. The molecule has 1 heterocycles. The van der Waals surface area contributed by atoms with Crippen LogP contribution >= 0.6 is 0 Å². The van der Waals surface area contributed by atoms with E-state index in [-0.39, 0.29) is 22.8 Å². The minimum atomic E-state index is -3.97. The summed E-state index contributed by atoms with van der Waals surface area (Å²) in [5.41, 5.74) is 0.221. The van der Waals surface area contributed by atoms with E-state index in [0.717, 1.165) is 0 Å². The number of sulfonamides is 1. The Morgan fingerprint density at radius 1 is 1.33 bits per heavy atom. The molecule has 0 bridgehead atoms. The highest BCUT2D eigenvalue weighted by Crippen LogP contribution is 2.24. The van der Waals surface area contributed by atoms with Gasteiger partial charge in [-0.2, -0.15) is 4.72 Å². The van der Waals surface area contributed by atoms with Gasteiger partial charge in [0.25, 0.3) is 0 Å². The summed E-state index contributed by atoms with van der Waals surface area (Å²) in [5.74, 6) is -1.15. The second-order valence-corrected chi connectivity index (χ2v) is 6.92. The zero-order valence-corrected chi connectivity index (χ0v) is 12.6. The number of hydrogen-bond acceptors (Lipinski definition) is 4. The van der Waals surface area contributed by atoms with Gasteiger partial charge in [-0.15, -0.1) is 0 Å². The third-order valence-electron chi connectivity index (χ3n) is 3.03. The van der Waals surface area contributed by atoms with E-state index in [0.29, 0.717) is 5.39 Å². The summed E-state index contributed by atoms with van der Waals surface area (Å²) in [4.78, 5) is 11.2. The van der Waals surface area contributed by atoms with Crippen LogP contribution in [0.4, 0.5) is 0 Å². The maximum absolute atomic E-state index is 12.4. The van der Waals surface area contributed by atoms with Gasteiger partial charge in [0.05, 0.1) is 6.26 Å². The largest absolute Gasteiger partial charge is 0.480 e. The number of fused-ring (bicyclic) bond motifs is 1. The number of benzene rings is 1. The van der Waals surface area contributed by atoms with Crippen LogP contribution < -0.4 is 4.72 Å². The first kappa shape index (κ1) is 15.5. The van der Waals surface area contributed by atoms with Crippen LogP contribution in [0.5, 0.6) is 0 Å². The Labute approximate surface area is 122 Å². The van der Waals surface area contributed by atoms with E-state index >= 15 is 0 Å². The van der Waals surface area contributed by atoms with Crippen molar-refractivity contribution in [2.24, 2.45) is 5.92 Å². The number of furan rings is 1. The van der Waals surface area contributed by atoms with Gasteiger partial charge in [0.2, 0.25) is 10.0 Å². The summed E-state index contributed by atoms with van der Waals surface area (Å²) in [6, 6.07) is 5.19. The Morgan fingerprint density at radius 2 is 2.05 bits per heavy atom. The smallest absolute Gasteiger partial charge is 0.321 e. The molecule has 6 nitrogen and oxygen atoms in total. The van der Waals surface area contributed by atoms with Crippen LogP contribution in [0.25, 0.3) is 11.0 Å². The fraction of sp³-hybridized carbons (Fsp3) is 0.357. The molecule has 1 aromatic carbocycles. The molecule has 2 rings (SSSR count). The SMILES string of the molecule is CC(C)C[C@H](NS(=O)(=O)c1cccc2ccoc12)C(=O)O. The van der Waals surface area contributed by atoms with Gasteiger partial charge >= 0.3 is 5.97 Å². The van der Waals surface area contributed by atoms with Crippen molar-refractivity contribution in [3.05, 3.63) is 30.5 Å². The third-order valence-corrected chi connectivity index (χ3v) is 4.53. The lowest BCUT2D eigenvalue weighted by molar-refractivity contribution is -0.139. The van der Waals surface area contributed by atoms with Crippen molar-refractivity contribution in [1.82, 2.24) is 4.72 Å². The molecule has 114 valence electrons. The average Bonchev–Trinajstić information content (AvgIpc) is 2.84. The van der Waals surface area contributed by atoms with Gasteiger partial charge in [-0.3, -0.25) is 4.79 Å². The van der Waals surface area contributed by atoms with Crippen molar-refractivity contribution in [2.45, 2.75) is 31.2 Å². The summed E-state index contributed by atoms with van der Waals surface area (Å²) in [6.45, 7) is 3.66. The first-order valence-corrected chi connectivity index (χ1v) is 8.01. The van der Waals surface area contributed by atoms with Gasteiger partial charge in [0, 0.05) is 5.39 Å². The average molecular weight is 311 g/mol. The number of para-hydroxylation sites is 1. The zero-order valence-electron chi connectivity index (χ0n) is 11.7. The van der Waals surface area contributed by atoms with Crippen LogP contribution in [0, 0.1) is 5.92 Å². The van der Waals surface area contributed by atoms with E-state index in [1.54, 1.807) is 18.2 Å². The molecular weight excluding hydrogens is 294 g/mol. The van der Waals surface area contributed by atoms with Crippen molar-refractivity contribution in [2.75, 3.05) is 0 Å². The van der Waals surface area contributed by atoms with E-state index in [1.165, 1.54) is 12.3 Å². The number of aliphatic carboxylic acids is 1. The lowest BCUT2D eigenvalue weighted by atomic mass is 10.1. The van der Waals surface area contributed by atoms with Gasteiger partial charge < -0.3 is 9.52 Å². The Bertz CT molecular complexity index is 748. The van der Waals surface area contributed by atoms with Crippen LogP contribution in [0.2, 0.25) is 0 Å². The summed E-state index contributed by atoms with van der Waals surface area (Å²) < 4.78 is 32.2. The van der Waals surface area contributed by atoms with Crippen LogP contribution in [0.15, 0.2) is 39.8 Å². The lowest BCUT2D eigenvalue weighted by Crippen LogP contribution is -2.41. The maximum atomic E-state index is 12.4. The normalized spacial score (nSPS) is 13.7. The monoisotopic (exact) mass is 311 g/mol. The van der Waals surface area contributed by atoms with Gasteiger partial charge in [-0.05, 0) is 24.5 Å². The first-order valence-electron chi connectivity index (χ1n) is 6.52. The molecule has 7 heteroatoms. The number of carboxylic acids is 1. The molecule has 1 aromatic heterocycles. The molecule has 0 radical (unpaired) electrons. The summed E-state index contributed by atoms with van der Waals surface area (Å²) in [7, 11) is -3.97. The molecule has 0 aliphatic carbocycles. The van der Waals surface area contributed by atoms with Gasteiger partial charge in [0.15, 0.2) is 5.58 Å². The topological polar surface area (TPSA) is 96.6 Å².